The summed E-state index contributed by atoms with van der Waals surface area (Å²) >= 11 is 0. The van der Waals surface area contributed by atoms with Crippen molar-refractivity contribution in [1.82, 2.24) is 0 Å². The van der Waals surface area contributed by atoms with E-state index < -0.39 is 32.3 Å². The first-order valence-electron chi connectivity index (χ1n) is 15.5. The van der Waals surface area contributed by atoms with Crippen LogP contribution in [-0.4, -0.2) is 54.9 Å². The minimum atomic E-state index is -1.78. The van der Waals surface area contributed by atoms with Gasteiger partial charge in [0.05, 0.1) is 43.7 Å². The maximum Gasteiger partial charge on any atom is 0.123 e. The van der Waals surface area contributed by atoms with Crippen LogP contribution in [0, 0.1) is 0 Å². The smallest absolute Gasteiger partial charge is 0.123 e. The summed E-state index contributed by atoms with van der Waals surface area (Å²) in [6, 6.07) is 20.9. The van der Waals surface area contributed by atoms with Crippen LogP contribution in [0.1, 0.15) is 11.1 Å². The third-order valence-electron chi connectivity index (χ3n) is 8.17. The van der Waals surface area contributed by atoms with Gasteiger partial charge in [0.2, 0.25) is 0 Å². The zero-order chi connectivity index (χ0) is 32.8. The van der Waals surface area contributed by atoms with Crippen molar-refractivity contribution in [3.63, 3.8) is 0 Å². The van der Waals surface area contributed by atoms with Crippen LogP contribution in [0.25, 0.3) is 10.8 Å². The predicted octanol–water partition coefficient (Wildman–Crippen LogP) is 7.93. The lowest BCUT2D eigenvalue weighted by Crippen LogP contribution is -2.45. The van der Waals surface area contributed by atoms with Crippen molar-refractivity contribution >= 4 is 87.6 Å². The van der Waals surface area contributed by atoms with Gasteiger partial charge in [-0.25, -0.2) is 0 Å². The summed E-state index contributed by atoms with van der Waals surface area (Å²) in [5.41, 5.74) is 3.13. The van der Waals surface area contributed by atoms with Crippen molar-refractivity contribution in [3.8, 4) is 11.5 Å². The van der Waals surface area contributed by atoms with Crippen LogP contribution >= 0.6 is 0 Å². The molecule has 0 heterocycles. The molecule has 0 saturated heterocycles. The molecule has 0 aromatic heterocycles. The molecule has 4 aromatic carbocycles. The van der Waals surface area contributed by atoms with Crippen molar-refractivity contribution < 1.29 is 10.2 Å². The molecule has 44 heavy (non-hydrogen) atoms. The lowest BCUT2D eigenvalue weighted by atomic mass is 10.1. The van der Waals surface area contributed by atoms with Gasteiger partial charge in [0, 0.05) is 28.9 Å². The second-order valence-electron chi connectivity index (χ2n) is 16.1. The summed E-state index contributed by atoms with van der Waals surface area (Å²) in [5.74, 6) is 0.703. The van der Waals surface area contributed by atoms with Crippen molar-refractivity contribution in [2.45, 2.75) is 78.6 Å². The van der Waals surface area contributed by atoms with Gasteiger partial charge < -0.3 is 10.2 Å². The van der Waals surface area contributed by atoms with Gasteiger partial charge >= 0.3 is 0 Å². The van der Waals surface area contributed by atoms with E-state index in [1.54, 1.807) is 0 Å². The Hall–Kier alpha value is -3.05. The fourth-order valence-corrected chi connectivity index (χ4v) is 10.8. The maximum absolute atomic E-state index is 11.4. The number of hydrogen-bond acceptors (Lipinski definition) is 4. The first kappa shape index (κ1) is 33.8. The standard InChI is InChI=1S/C36H50N2O2Si4/c1-41(2,3)28-19-26(35(39)32(21-28)43(7,8)9)23-37-30-17-13-15-25-16-14-18-31(34(25)30)38-24-27-20-29(42(4,5)6)22-33(36(27)40)44(10,11)12/h13-24,39-40H,1-12H3. The highest BCUT2D eigenvalue weighted by molar-refractivity contribution is 6.92. The summed E-state index contributed by atoms with van der Waals surface area (Å²) in [6.07, 6.45) is 3.64. The molecule has 0 aliphatic rings. The molecule has 0 spiro atoms. The van der Waals surface area contributed by atoms with E-state index in [-0.39, 0.29) is 0 Å². The van der Waals surface area contributed by atoms with E-state index in [0.29, 0.717) is 11.5 Å². The molecule has 232 valence electrons. The number of phenols is 2. The summed E-state index contributed by atoms with van der Waals surface area (Å²) in [7, 11) is -6.82. The maximum atomic E-state index is 11.4. The molecule has 2 N–H and O–H groups in total. The molecule has 0 fully saturated rings. The molecule has 0 saturated carbocycles. The molecular weight excluding hydrogens is 605 g/mol. The summed E-state index contributed by atoms with van der Waals surface area (Å²) in [6.45, 7) is 27.7. The zero-order valence-corrected chi connectivity index (χ0v) is 32.7. The van der Waals surface area contributed by atoms with Crippen molar-refractivity contribution in [2.24, 2.45) is 9.98 Å². The molecule has 0 bridgehead atoms. The van der Waals surface area contributed by atoms with E-state index in [0.717, 1.165) is 43.6 Å². The molecule has 4 rings (SSSR count). The molecule has 8 heteroatoms. The van der Waals surface area contributed by atoms with Gasteiger partial charge in [-0.1, -0.05) is 137 Å². The van der Waals surface area contributed by atoms with Crippen LogP contribution in [0.5, 0.6) is 11.5 Å². The Labute approximate surface area is 268 Å². The van der Waals surface area contributed by atoms with Crippen LogP contribution in [0.15, 0.2) is 70.6 Å². The van der Waals surface area contributed by atoms with Gasteiger partial charge in [-0.3, -0.25) is 9.98 Å². The van der Waals surface area contributed by atoms with Crippen molar-refractivity contribution in [3.05, 3.63) is 71.8 Å². The molecule has 0 aliphatic carbocycles. The summed E-state index contributed by atoms with van der Waals surface area (Å²) in [4.78, 5) is 9.94. The largest absolute Gasteiger partial charge is 0.507 e. The first-order valence-corrected chi connectivity index (χ1v) is 29.5. The van der Waals surface area contributed by atoms with Crippen LogP contribution in [0.3, 0.4) is 0 Å². The van der Waals surface area contributed by atoms with Gasteiger partial charge in [-0.2, -0.15) is 0 Å². The molecule has 0 unspecified atom stereocenters. The predicted molar refractivity (Wildman–Crippen MR) is 207 cm³/mol. The second-order valence-corrected chi connectivity index (χ2v) is 36.3. The number of nitrogens with zero attached hydrogens (tertiary/aromatic N) is 2. The average Bonchev–Trinajstić information content (AvgIpc) is 2.89. The van der Waals surface area contributed by atoms with Gasteiger partial charge in [-0.05, 0) is 27.9 Å². The monoisotopic (exact) mass is 654 g/mol. The lowest BCUT2D eigenvalue weighted by Gasteiger charge is -2.25. The lowest BCUT2D eigenvalue weighted by molar-refractivity contribution is 0.478. The van der Waals surface area contributed by atoms with E-state index in [1.165, 1.54) is 10.4 Å². The van der Waals surface area contributed by atoms with E-state index in [1.807, 2.05) is 36.7 Å². The minimum absolute atomic E-state index is 0.351. The van der Waals surface area contributed by atoms with Crippen LogP contribution in [0.2, 0.25) is 78.6 Å². The second kappa shape index (κ2) is 12.0. The van der Waals surface area contributed by atoms with Gasteiger partial charge in [-0.15, -0.1) is 0 Å². The Balaban J connectivity index is 1.87. The molecule has 4 nitrogen and oxygen atoms in total. The van der Waals surface area contributed by atoms with Crippen LogP contribution in [0.4, 0.5) is 11.4 Å². The molecular formula is C36H50N2O2Si4. The molecule has 0 radical (unpaired) electrons. The normalized spacial score (nSPS) is 13.5. The number of fused-ring (bicyclic) bond motifs is 1. The van der Waals surface area contributed by atoms with Crippen LogP contribution in [-0.2, 0) is 0 Å². The van der Waals surface area contributed by atoms with E-state index in [2.05, 4.69) is 115 Å². The number of hydrogen-bond donors (Lipinski definition) is 2. The highest BCUT2D eigenvalue weighted by Crippen LogP contribution is 2.35. The minimum Gasteiger partial charge on any atom is -0.507 e. The Morgan fingerprint density at radius 3 is 1.18 bits per heavy atom. The third-order valence-corrected chi connectivity index (χ3v) is 16.2. The quantitative estimate of drug-likeness (QED) is 0.150. The molecule has 4 aromatic rings. The number of aliphatic imine (C=N–C) groups is 2. The van der Waals surface area contributed by atoms with Crippen LogP contribution < -0.4 is 20.7 Å². The number of benzene rings is 4. The SMILES string of the molecule is C[Si](C)(C)c1cc(C=Nc2cccc3cccc(N=Cc4cc([Si](C)(C)C)cc([Si](C)(C)C)c4O)c23)c(O)c([Si](C)(C)C)c1. The topological polar surface area (TPSA) is 65.2 Å². The fourth-order valence-electron chi connectivity index (χ4n) is 5.32. The number of phenolic OH excluding ortho intramolecular Hbond substituents is 2. The Morgan fingerprint density at radius 2 is 0.864 bits per heavy atom. The Morgan fingerprint density at radius 1 is 0.500 bits per heavy atom. The van der Waals surface area contributed by atoms with Gasteiger partial charge in [0.1, 0.15) is 11.5 Å². The Bertz CT molecular complexity index is 1640. The summed E-state index contributed by atoms with van der Waals surface area (Å²) in [5, 5.41) is 29.6. The van der Waals surface area contributed by atoms with Crippen molar-refractivity contribution in [1.29, 1.82) is 0 Å². The number of rotatable bonds is 8. The van der Waals surface area contributed by atoms with E-state index >= 15 is 0 Å². The Kier molecular flexibility index (Phi) is 9.26. The van der Waals surface area contributed by atoms with Gasteiger partial charge in [0.15, 0.2) is 0 Å². The van der Waals surface area contributed by atoms with Crippen molar-refractivity contribution in [2.75, 3.05) is 0 Å². The van der Waals surface area contributed by atoms with E-state index in [4.69, 9.17) is 9.98 Å². The number of aromatic hydroxyl groups is 2. The fraction of sp³-hybridized carbons (Fsp3) is 0.333. The van der Waals surface area contributed by atoms with Gasteiger partial charge in [0.25, 0.3) is 0 Å². The highest BCUT2D eigenvalue weighted by Gasteiger charge is 2.28. The first-order chi connectivity index (χ1) is 20.2. The summed E-state index contributed by atoms with van der Waals surface area (Å²) < 4.78 is 0. The zero-order valence-electron chi connectivity index (χ0n) is 28.7. The molecule has 0 aliphatic heterocycles. The highest BCUT2D eigenvalue weighted by atomic mass is 28.3. The molecule has 0 amide bonds. The molecule has 0 atom stereocenters. The third kappa shape index (κ3) is 7.42. The average molecular weight is 655 g/mol. The van der Waals surface area contributed by atoms with E-state index in [9.17, 15) is 10.2 Å².